The molecule has 0 atom stereocenters. The van der Waals surface area contributed by atoms with Gasteiger partial charge in [0.25, 0.3) is 0 Å². The van der Waals surface area contributed by atoms with Crippen LogP contribution < -0.4 is 0 Å². The number of hydrogen-bond acceptors (Lipinski definition) is 3. The highest BCUT2D eigenvalue weighted by molar-refractivity contribution is 5.70. The summed E-state index contributed by atoms with van der Waals surface area (Å²) in [5.74, 6) is -0.420. The summed E-state index contributed by atoms with van der Waals surface area (Å²) in [7, 11) is 1.87. The molecule has 1 aromatic heterocycles. The van der Waals surface area contributed by atoms with E-state index in [1.165, 1.54) is 0 Å². The minimum absolute atomic E-state index is 0.0561. The summed E-state index contributed by atoms with van der Waals surface area (Å²) >= 11 is 0. The number of carboxylic acids is 1. The maximum absolute atomic E-state index is 10.8. The Balaban J connectivity index is 2.23. The zero-order valence-corrected chi connectivity index (χ0v) is 9.35. The first kappa shape index (κ1) is 11.1. The number of rotatable bonds is 3. The van der Waals surface area contributed by atoms with Gasteiger partial charge in [-0.25, -0.2) is 0 Å². The Morgan fingerprint density at radius 2 is 2.31 bits per heavy atom. The first-order valence-corrected chi connectivity index (χ1v) is 5.49. The SMILES string of the molecule is Cn1ncc(CC(=O)O)c1C1CCOCC1. The highest BCUT2D eigenvalue weighted by Crippen LogP contribution is 2.29. The zero-order chi connectivity index (χ0) is 11.5. The lowest BCUT2D eigenvalue weighted by atomic mass is 9.93. The normalized spacial score (nSPS) is 17.6. The molecule has 1 aliphatic rings. The van der Waals surface area contributed by atoms with Crippen molar-refractivity contribution in [1.82, 2.24) is 9.78 Å². The lowest BCUT2D eigenvalue weighted by Gasteiger charge is -2.23. The van der Waals surface area contributed by atoms with E-state index in [4.69, 9.17) is 9.84 Å². The summed E-state index contributed by atoms with van der Waals surface area (Å²) in [5, 5.41) is 13.0. The Morgan fingerprint density at radius 1 is 1.62 bits per heavy atom. The number of aliphatic carboxylic acids is 1. The third-order valence-corrected chi connectivity index (χ3v) is 3.01. The van der Waals surface area contributed by atoms with Crippen molar-refractivity contribution in [2.24, 2.45) is 7.05 Å². The van der Waals surface area contributed by atoms with Crippen molar-refractivity contribution in [3.05, 3.63) is 17.5 Å². The Bertz CT molecular complexity index is 381. The molecule has 1 N–H and O–H groups in total. The Hall–Kier alpha value is -1.36. The fourth-order valence-electron chi connectivity index (χ4n) is 2.29. The monoisotopic (exact) mass is 224 g/mol. The van der Waals surface area contributed by atoms with Crippen LogP contribution in [0.15, 0.2) is 6.20 Å². The molecule has 1 aliphatic heterocycles. The van der Waals surface area contributed by atoms with E-state index in [0.29, 0.717) is 5.92 Å². The van der Waals surface area contributed by atoms with E-state index in [1.807, 2.05) is 7.05 Å². The Kier molecular flexibility index (Phi) is 3.24. The molecule has 0 aromatic carbocycles. The number of ether oxygens (including phenoxy) is 1. The number of aromatic nitrogens is 2. The van der Waals surface area contributed by atoms with Gasteiger partial charge in [-0.1, -0.05) is 0 Å². The number of hydrogen-bond donors (Lipinski definition) is 1. The van der Waals surface area contributed by atoms with Gasteiger partial charge in [-0.15, -0.1) is 0 Å². The minimum Gasteiger partial charge on any atom is -0.481 e. The first-order valence-electron chi connectivity index (χ1n) is 5.49. The average molecular weight is 224 g/mol. The standard InChI is InChI=1S/C11H16N2O3/c1-13-11(8-2-4-16-5-3-8)9(7-12-13)6-10(14)15/h7-8H,2-6H2,1H3,(H,14,15). The fourth-order valence-corrected chi connectivity index (χ4v) is 2.29. The quantitative estimate of drug-likeness (QED) is 0.830. The fraction of sp³-hybridized carbons (Fsp3) is 0.636. The number of carbonyl (C=O) groups is 1. The zero-order valence-electron chi connectivity index (χ0n) is 9.35. The largest absolute Gasteiger partial charge is 0.481 e. The molecule has 0 saturated carbocycles. The average Bonchev–Trinajstić information content (AvgIpc) is 2.60. The van der Waals surface area contributed by atoms with E-state index in [2.05, 4.69) is 5.10 Å². The predicted molar refractivity (Wildman–Crippen MR) is 57.3 cm³/mol. The highest BCUT2D eigenvalue weighted by Gasteiger charge is 2.23. The topological polar surface area (TPSA) is 64.4 Å². The van der Waals surface area contributed by atoms with Crippen LogP contribution in [0.4, 0.5) is 0 Å². The van der Waals surface area contributed by atoms with Crippen molar-refractivity contribution in [1.29, 1.82) is 0 Å². The molecule has 0 aliphatic carbocycles. The number of carboxylic acid groups (broad SMARTS) is 1. The van der Waals surface area contributed by atoms with Crippen molar-refractivity contribution in [3.63, 3.8) is 0 Å². The summed E-state index contributed by atoms with van der Waals surface area (Å²) < 4.78 is 7.11. The molecule has 0 bridgehead atoms. The molecule has 5 heteroatoms. The van der Waals surface area contributed by atoms with Crippen LogP contribution in [0.5, 0.6) is 0 Å². The van der Waals surface area contributed by atoms with Crippen LogP contribution >= 0.6 is 0 Å². The molecule has 1 saturated heterocycles. The second-order valence-corrected chi connectivity index (χ2v) is 4.14. The lowest BCUT2D eigenvalue weighted by Crippen LogP contribution is -2.18. The van der Waals surface area contributed by atoms with E-state index in [9.17, 15) is 4.79 Å². The molecule has 16 heavy (non-hydrogen) atoms. The molecule has 0 unspecified atom stereocenters. The van der Waals surface area contributed by atoms with Crippen molar-refractivity contribution in [2.45, 2.75) is 25.2 Å². The van der Waals surface area contributed by atoms with Crippen LogP contribution in [-0.2, 0) is 23.0 Å². The van der Waals surface area contributed by atoms with Gasteiger partial charge < -0.3 is 9.84 Å². The third kappa shape index (κ3) is 2.24. The molecule has 1 aromatic rings. The van der Waals surface area contributed by atoms with Crippen molar-refractivity contribution < 1.29 is 14.6 Å². The minimum atomic E-state index is -0.804. The van der Waals surface area contributed by atoms with Gasteiger partial charge in [-0.2, -0.15) is 5.10 Å². The van der Waals surface area contributed by atoms with Crippen LogP contribution in [0.1, 0.15) is 30.0 Å². The van der Waals surface area contributed by atoms with Crippen LogP contribution in [0.25, 0.3) is 0 Å². The third-order valence-electron chi connectivity index (χ3n) is 3.01. The summed E-state index contributed by atoms with van der Waals surface area (Å²) in [6.07, 6.45) is 3.62. The van der Waals surface area contributed by atoms with Crippen molar-refractivity contribution in [2.75, 3.05) is 13.2 Å². The van der Waals surface area contributed by atoms with Gasteiger partial charge in [0.05, 0.1) is 12.6 Å². The van der Waals surface area contributed by atoms with Crippen LogP contribution in [0.2, 0.25) is 0 Å². The molecule has 0 amide bonds. The molecule has 2 rings (SSSR count). The number of aryl methyl sites for hydroxylation is 1. The Morgan fingerprint density at radius 3 is 2.94 bits per heavy atom. The van der Waals surface area contributed by atoms with Crippen LogP contribution in [-0.4, -0.2) is 34.1 Å². The molecule has 2 heterocycles. The van der Waals surface area contributed by atoms with Gasteiger partial charge in [-0.3, -0.25) is 9.48 Å². The van der Waals surface area contributed by atoms with E-state index < -0.39 is 5.97 Å². The van der Waals surface area contributed by atoms with Gasteiger partial charge in [-0.05, 0) is 12.8 Å². The molecule has 5 nitrogen and oxygen atoms in total. The summed E-state index contributed by atoms with van der Waals surface area (Å²) in [4.78, 5) is 10.8. The molecule has 0 spiro atoms. The van der Waals surface area contributed by atoms with Gasteiger partial charge in [0.15, 0.2) is 0 Å². The van der Waals surface area contributed by atoms with Gasteiger partial charge in [0.2, 0.25) is 0 Å². The second kappa shape index (κ2) is 4.65. The van der Waals surface area contributed by atoms with Crippen LogP contribution in [0.3, 0.4) is 0 Å². The van der Waals surface area contributed by atoms with Gasteiger partial charge in [0.1, 0.15) is 0 Å². The molecular weight excluding hydrogens is 208 g/mol. The first-order chi connectivity index (χ1) is 7.68. The van der Waals surface area contributed by atoms with Crippen molar-refractivity contribution >= 4 is 5.97 Å². The predicted octanol–water partition coefficient (Wildman–Crippen LogP) is 0.941. The van der Waals surface area contributed by atoms with Crippen LogP contribution in [0, 0.1) is 0 Å². The van der Waals surface area contributed by atoms with E-state index in [1.54, 1.807) is 10.9 Å². The van der Waals surface area contributed by atoms with Gasteiger partial charge >= 0.3 is 5.97 Å². The summed E-state index contributed by atoms with van der Waals surface area (Å²) in [5.41, 5.74) is 1.90. The molecule has 0 radical (unpaired) electrons. The van der Waals surface area contributed by atoms with Crippen molar-refractivity contribution in [3.8, 4) is 0 Å². The van der Waals surface area contributed by atoms with Gasteiger partial charge in [0, 0.05) is 37.4 Å². The second-order valence-electron chi connectivity index (χ2n) is 4.14. The van der Waals surface area contributed by atoms with E-state index >= 15 is 0 Å². The highest BCUT2D eigenvalue weighted by atomic mass is 16.5. The molecule has 88 valence electrons. The summed E-state index contributed by atoms with van der Waals surface area (Å²) in [6.45, 7) is 1.50. The smallest absolute Gasteiger partial charge is 0.307 e. The molecular formula is C11H16N2O3. The lowest BCUT2D eigenvalue weighted by molar-refractivity contribution is -0.136. The Labute approximate surface area is 94.0 Å². The maximum Gasteiger partial charge on any atom is 0.307 e. The van der Waals surface area contributed by atoms with E-state index in [0.717, 1.165) is 37.3 Å². The number of nitrogens with zero attached hydrogens (tertiary/aromatic N) is 2. The maximum atomic E-state index is 10.8. The van der Waals surface area contributed by atoms with E-state index in [-0.39, 0.29) is 6.42 Å². The summed E-state index contributed by atoms with van der Waals surface area (Å²) in [6, 6.07) is 0. The molecule has 1 fully saturated rings.